The molecule has 0 heterocycles. The van der Waals surface area contributed by atoms with Gasteiger partial charge in [-0.05, 0) is 32.9 Å². The molecule has 0 saturated carbocycles. The quantitative estimate of drug-likeness (QED) is 0.455. The zero-order chi connectivity index (χ0) is 12.4. The average Bonchev–Trinajstić information content (AvgIpc) is 2.24. The molecule has 1 N–H and O–H groups in total. The summed E-state index contributed by atoms with van der Waals surface area (Å²) in [5.41, 5.74) is 0. The second kappa shape index (κ2) is 9.86. The van der Waals surface area contributed by atoms with Gasteiger partial charge in [-0.25, -0.2) is 0 Å². The van der Waals surface area contributed by atoms with Crippen LogP contribution in [-0.4, -0.2) is 37.1 Å². The van der Waals surface area contributed by atoms with Gasteiger partial charge in [-0.15, -0.1) is 6.58 Å². The van der Waals surface area contributed by atoms with Crippen molar-refractivity contribution in [3.8, 4) is 0 Å². The molecule has 0 aliphatic carbocycles. The predicted molar refractivity (Wildman–Crippen MR) is 73.9 cm³/mol. The average molecular weight is 226 g/mol. The Morgan fingerprint density at radius 3 is 2.56 bits per heavy atom. The molecule has 0 aromatic rings. The highest BCUT2D eigenvalue weighted by Crippen LogP contribution is 2.06. The summed E-state index contributed by atoms with van der Waals surface area (Å²) in [4.78, 5) is 2.49. The minimum absolute atomic E-state index is 0.584. The van der Waals surface area contributed by atoms with Gasteiger partial charge in [0.15, 0.2) is 0 Å². The van der Waals surface area contributed by atoms with Gasteiger partial charge in [0.2, 0.25) is 0 Å². The molecular formula is C14H30N2. The molecular weight excluding hydrogens is 196 g/mol. The van der Waals surface area contributed by atoms with E-state index in [4.69, 9.17) is 0 Å². The van der Waals surface area contributed by atoms with Gasteiger partial charge in [0.1, 0.15) is 0 Å². The third-order valence-electron chi connectivity index (χ3n) is 2.93. The summed E-state index contributed by atoms with van der Waals surface area (Å²) < 4.78 is 0. The predicted octanol–water partition coefficient (Wildman–Crippen LogP) is 3.05. The van der Waals surface area contributed by atoms with Gasteiger partial charge < -0.3 is 10.2 Å². The fourth-order valence-corrected chi connectivity index (χ4v) is 1.85. The Kier molecular flexibility index (Phi) is 9.65. The Morgan fingerprint density at radius 2 is 2.06 bits per heavy atom. The number of rotatable bonds is 10. The molecule has 2 nitrogen and oxygen atoms in total. The number of nitrogens with one attached hydrogen (secondary N) is 1. The Labute approximate surface area is 102 Å². The highest BCUT2D eigenvalue weighted by atomic mass is 15.1. The van der Waals surface area contributed by atoms with Crippen LogP contribution in [-0.2, 0) is 0 Å². The third-order valence-corrected chi connectivity index (χ3v) is 2.93. The van der Waals surface area contributed by atoms with E-state index in [2.05, 4.69) is 44.6 Å². The zero-order valence-corrected chi connectivity index (χ0v) is 11.6. The maximum Gasteiger partial charge on any atom is 0.0217 e. The second-order valence-corrected chi connectivity index (χ2v) is 4.92. The first-order valence-corrected chi connectivity index (χ1v) is 6.66. The molecule has 0 spiro atoms. The first-order chi connectivity index (χ1) is 7.61. The number of likely N-dealkylation sites (N-methyl/N-ethyl adjacent to an activating group) is 1. The standard InChI is InChI=1S/C14H30N2/c1-6-8-9-11-16(5)14(10-7-2)12-15-13(3)4/h6,13-15H,1,7-12H2,2-5H3. The van der Waals surface area contributed by atoms with Crippen molar-refractivity contribution in [1.29, 1.82) is 0 Å². The van der Waals surface area contributed by atoms with Crippen LogP contribution in [0, 0.1) is 0 Å². The molecule has 1 unspecified atom stereocenters. The summed E-state index contributed by atoms with van der Waals surface area (Å²) in [5.74, 6) is 0. The fourth-order valence-electron chi connectivity index (χ4n) is 1.85. The van der Waals surface area contributed by atoms with Crippen molar-refractivity contribution in [3.63, 3.8) is 0 Å². The molecule has 0 rings (SSSR count). The maximum atomic E-state index is 3.77. The molecule has 0 aliphatic rings. The molecule has 2 heteroatoms. The van der Waals surface area contributed by atoms with Crippen molar-refractivity contribution < 1.29 is 0 Å². The molecule has 0 radical (unpaired) electrons. The van der Waals surface area contributed by atoms with E-state index in [0.29, 0.717) is 12.1 Å². The molecule has 0 amide bonds. The number of unbranched alkanes of at least 4 members (excludes halogenated alkanes) is 1. The van der Waals surface area contributed by atoms with Gasteiger partial charge in [0.25, 0.3) is 0 Å². The lowest BCUT2D eigenvalue weighted by molar-refractivity contribution is 0.217. The largest absolute Gasteiger partial charge is 0.313 e. The Balaban J connectivity index is 3.91. The lowest BCUT2D eigenvalue weighted by Crippen LogP contribution is -2.42. The van der Waals surface area contributed by atoms with E-state index in [1.165, 1.54) is 25.8 Å². The van der Waals surface area contributed by atoms with Crippen LogP contribution < -0.4 is 5.32 Å². The van der Waals surface area contributed by atoms with E-state index < -0.39 is 0 Å². The van der Waals surface area contributed by atoms with Crippen LogP contribution in [0.3, 0.4) is 0 Å². The van der Waals surface area contributed by atoms with E-state index in [-0.39, 0.29) is 0 Å². The number of allylic oxidation sites excluding steroid dienone is 1. The number of hydrogen-bond donors (Lipinski definition) is 1. The molecule has 96 valence electrons. The highest BCUT2D eigenvalue weighted by molar-refractivity contribution is 4.74. The summed E-state index contributed by atoms with van der Waals surface area (Å²) >= 11 is 0. The molecule has 0 saturated heterocycles. The van der Waals surface area contributed by atoms with Crippen LogP contribution >= 0.6 is 0 Å². The molecule has 1 atom stereocenters. The molecule has 0 aromatic heterocycles. The van der Waals surface area contributed by atoms with Gasteiger partial charge in [0, 0.05) is 18.6 Å². The third kappa shape index (κ3) is 7.89. The zero-order valence-electron chi connectivity index (χ0n) is 11.6. The van der Waals surface area contributed by atoms with Crippen LogP contribution in [0.5, 0.6) is 0 Å². The molecule has 0 fully saturated rings. The highest BCUT2D eigenvalue weighted by Gasteiger charge is 2.13. The van der Waals surface area contributed by atoms with Crippen molar-refractivity contribution in [3.05, 3.63) is 12.7 Å². The van der Waals surface area contributed by atoms with E-state index in [1.807, 2.05) is 6.08 Å². The number of nitrogens with zero attached hydrogens (tertiary/aromatic N) is 1. The maximum absolute atomic E-state index is 3.77. The van der Waals surface area contributed by atoms with Crippen LogP contribution in [0.4, 0.5) is 0 Å². The molecule has 0 bridgehead atoms. The van der Waals surface area contributed by atoms with Crippen LogP contribution in [0.15, 0.2) is 12.7 Å². The van der Waals surface area contributed by atoms with Gasteiger partial charge in [0.05, 0.1) is 0 Å². The van der Waals surface area contributed by atoms with Gasteiger partial charge in [-0.1, -0.05) is 33.3 Å². The minimum atomic E-state index is 0.584. The molecule has 0 aliphatic heterocycles. The SMILES string of the molecule is C=CCCCN(C)C(CCC)CNC(C)C. The summed E-state index contributed by atoms with van der Waals surface area (Å²) in [6.45, 7) is 12.7. The summed E-state index contributed by atoms with van der Waals surface area (Å²) in [5, 5.41) is 3.54. The summed E-state index contributed by atoms with van der Waals surface area (Å²) in [6, 6.07) is 1.26. The second-order valence-electron chi connectivity index (χ2n) is 4.92. The van der Waals surface area contributed by atoms with Crippen LogP contribution in [0.25, 0.3) is 0 Å². The lowest BCUT2D eigenvalue weighted by Gasteiger charge is -2.29. The van der Waals surface area contributed by atoms with E-state index in [1.54, 1.807) is 0 Å². The van der Waals surface area contributed by atoms with Gasteiger partial charge >= 0.3 is 0 Å². The summed E-state index contributed by atoms with van der Waals surface area (Å²) in [6.07, 6.45) is 6.90. The van der Waals surface area contributed by atoms with Crippen LogP contribution in [0.2, 0.25) is 0 Å². The van der Waals surface area contributed by atoms with Crippen molar-refractivity contribution >= 4 is 0 Å². The van der Waals surface area contributed by atoms with Gasteiger partial charge in [-0.2, -0.15) is 0 Å². The normalized spacial score (nSPS) is 13.4. The molecule has 0 aromatic carbocycles. The smallest absolute Gasteiger partial charge is 0.0217 e. The lowest BCUT2D eigenvalue weighted by atomic mass is 10.1. The fraction of sp³-hybridized carbons (Fsp3) is 0.857. The first kappa shape index (κ1) is 15.7. The van der Waals surface area contributed by atoms with Crippen molar-refractivity contribution in [2.24, 2.45) is 0 Å². The minimum Gasteiger partial charge on any atom is -0.313 e. The van der Waals surface area contributed by atoms with Crippen molar-refractivity contribution in [1.82, 2.24) is 10.2 Å². The number of hydrogen-bond acceptors (Lipinski definition) is 2. The van der Waals surface area contributed by atoms with E-state index in [9.17, 15) is 0 Å². The Morgan fingerprint density at radius 1 is 1.38 bits per heavy atom. The van der Waals surface area contributed by atoms with Gasteiger partial charge in [-0.3, -0.25) is 0 Å². The van der Waals surface area contributed by atoms with Crippen LogP contribution in [0.1, 0.15) is 46.5 Å². The Hall–Kier alpha value is -0.340. The van der Waals surface area contributed by atoms with E-state index in [0.717, 1.165) is 13.0 Å². The Bertz CT molecular complexity index is 166. The molecule has 16 heavy (non-hydrogen) atoms. The summed E-state index contributed by atoms with van der Waals surface area (Å²) in [7, 11) is 2.24. The van der Waals surface area contributed by atoms with E-state index >= 15 is 0 Å². The topological polar surface area (TPSA) is 15.3 Å². The monoisotopic (exact) mass is 226 g/mol. The van der Waals surface area contributed by atoms with Crippen molar-refractivity contribution in [2.45, 2.75) is 58.5 Å². The first-order valence-electron chi connectivity index (χ1n) is 6.66. The van der Waals surface area contributed by atoms with Crippen molar-refractivity contribution in [2.75, 3.05) is 20.1 Å².